The second kappa shape index (κ2) is 6.83. The van der Waals surface area contributed by atoms with E-state index in [0.717, 1.165) is 23.2 Å². The molecule has 2 N–H and O–H groups in total. The van der Waals surface area contributed by atoms with Crippen LogP contribution in [0.4, 0.5) is 10.5 Å². The third-order valence-corrected chi connectivity index (χ3v) is 3.35. The first-order valence-corrected chi connectivity index (χ1v) is 7.51. The van der Waals surface area contributed by atoms with Crippen molar-refractivity contribution < 1.29 is 9.53 Å². The lowest BCUT2D eigenvalue weighted by molar-refractivity contribution is 0.0173. The number of aryl methyl sites for hydroxylation is 1. The number of ether oxygens (including phenoxy) is 1. The molecule has 21 heavy (non-hydrogen) atoms. The fraction of sp³-hybridized carbons (Fsp3) is 0.588. The van der Waals surface area contributed by atoms with Crippen molar-refractivity contribution >= 4 is 11.8 Å². The highest BCUT2D eigenvalue weighted by Gasteiger charge is 2.26. The van der Waals surface area contributed by atoms with Crippen LogP contribution in [0.15, 0.2) is 18.2 Å². The van der Waals surface area contributed by atoms with Crippen LogP contribution in [0.25, 0.3) is 0 Å². The van der Waals surface area contributed by atoms with Crippen LogP contribution in [0.1, 0.15) is 58.2 Å². The van der Waals surface area contributed by atoms with E-state index in [4.69, 9.17) is 10.5 Å². The number of nitrogen functional groups attached to an aromatic ring is 1. The molecular weight excluding hydrogens is 264 g/mol. The van der Waals surface area contributed by atoms with Gasteiger partial charge in [0, 0.05) is 12.2 Å². The lowest BCUT2D eigenvalue weighted by Gasteiger charge is -2.32. The number of rotatable bonds is 4. The summed E-state index contributed by atoms with van der Waals surface area (Å²) < 4.78 is 5.50. The van der Waals surface area contributed by atoms with E-state index in [9.17, 15) is 4.79 Å². The van der Waals surface area contributed by atoms with E-state index in [2.05, 4.69) is 0 Å². The second-order valence-corrected chi connectivity index (χ2v) is 6.47. The lowest BCUT2D eigenvalue weighted by Crippen LogP contribution is -2.38. The van der Waals surface area contributed by atoms with Gasteiger partial charge in [-0.25, -0.2) is 4.79 Å². The van der Waals surface area contributed by atoms with Crippen LogP contribution in [0.2, 0.25) is 0 Å². The molecule has 0 fully saturated rings. The van der Waals surface area contributed by atoms with E-state index in [0.29, 0.717) is 6.54 Å². The average Bonchev–Trinajstić information content (AvgIpc) is 2.36. The summed E-state index contributed by atoms with van der Waals surface area (Å²) in [5.74, 6) is 0. The molecule has 1 rings (SSSR count). The monoisotopic (exact) mass is 292 g/mol. The van der Waals surface area contributed by atoms with Gasteiger partial charge in [0.05, 0.1) is 6.04 Å². The maximum Gasteiger partial charge on any atom is 0.410 e. The molecule has 118 valence electrons. The van der Waals surface area contributed by atoms with Gasteiger partial charge in [-0.15, -0.1) is 0 Å². The molecule has 0 aliphatic heterocycles. The Morgan fingerprint density at radius 2 is 2.00 bits per heavy atom. The molecule has 4 nitrogen and oxygen atoms in total. The third kappa shape index (κ3) is 4.96. The summed E-state index contributed by atoms with van der Waals surface area (Å²) in [5.41, 5.74) is 8.31. The second-order valence-electron chi connectivity index (χ2n) is 6.47. The summed E-state index contributed by atoms with van der Waals surface area (Å²) in [7, 11) is 0. The minimum absolute atomic E-state index is 0.0669. The van der Waals surface area contributed by atoms with Gasteiger partial charge in [-0.1, -0.05) is 19.1 Å². The van der Waals surface area contributed by atoms with Crippen molar-refractivity contribution in [2.24, 2.45) is 0 Å². The molecule has 0 bridgehead atoms. The SMILES string of the molecule is CCCN(C(=O)OC(C)(C)C)C(C)c1ccc(C)c(N)c1. The van der Waals surface area contributed by atoms with E-state index in [1.165, 1.54) is 0 Å². The number of carbonyl (C=O) groups excluding carboxylic acids is 1. The maximum atomic E-state index is 12.4. The van der Waals surface area contributed by atoms with Gasteiger partial charge in [0.1, 0.15) is 5.60 Å². The minimum Gasteiger partial charge on any atom is -0.444 e. The number of anilines is 1. The first kappa shape index (κ1) is 17.3. The molecule has 1 atom stereocenters. The highest BCUT2D eigenvalue weighted by Crippen LogP contribution is 2.25. The maximum absolute atomic E-state index is 12.4. The lowest BCUT2D eigenvalue weighted by atomic mass is 10.0. The van der Waals surface area contributed by atoms with Crippen LogP contribution in [0, 0.1) is 6.92 Å². The van der Waals surface area contributed by atoms with Crippen molar-refractivity contribution in [3.63, 3.8) is 0 Å². The molecule has 1 amide bonds. The molecule has 1 aromatic carbocycles. The van der Waals surface area contributed by atoms with Gasteiger partial charge in [0.15, 0.2) is 0 Å². The number of hydrogen-bond donors (Lipinski definition) is 1. The Balaban J connectivity index is 2.98. The molecule has 1 unspecified atom stereocenters. The Bertz CT molecular complexity index is 492. The van der Waals surface area contributed by atoms with Crippen molar-refractivity contribution in [2.75, 3.05) is 12.3 Å². The fourth-order valence-electron chi connectivity index (χ4n) is 2.10. The number of carbonyl (C=O) groups is 1. The molecule has 1 aromatic rings. The molecule has 0 saturated heterocycles. The number of benzene rings is 1. The van der Waals surface area contributed by atoms with Crippen molar-refractivity contribution in [1.82, 2.24) is 4.90 Å². The number of hydrogen-bond acceptors (Lipinski definition) is 3. The van der Waals surface area contributed by atoms with Crippen molar-refractivity contribution in [1.29, 1.82) is 0 Å². The highest BCUT2D eigenvalue weighted by atomic mass is 16.6. The average molecular weight is 292 g/mol. The van der Waals surface area contributed by atoms with E-state index in [1.54, 1.807) is 4.90 Å². The molecule has 0 aromatic heterocycles. The minimum atomic E-state index is -0.491. The predicted molar refractivity (Wildman–Crippen MR) is 87.2 cm³/mol. The molecule has 0 spiro atoms. The van der Waals surface area contributed by atoms with Crippen LogP contribution >= 0.6 is 0 Å². The quantitative estimate of drug-likeness (QED) is 0.842. The van der Waals surface area contributed by atoms with Crippen LogP contribution in [0.5, 0.6) is 0 Å². The highest BCUT2D eigenvalue weighted by molar-refractivity contribution is 5.69. The van der Waals surface area contributed by atoms with E-state index < -0.39 is 5.60 Å². The van der Waals surface area contributed by atoms with Crippen LogP contribution in [-0.4, -0.2) is 23.1 Å². The Morgan fingerprint density at radius 3 is 2.48 bits per heavy atom. The predicted octanol–water partition coefficient (Wildman–Crippen LogP) is 4.29. The van der Waals surface area contributed by atoms with Gasteiger partial charge in [-0.3, -0.25) is 0 Å². The molecule has 4 heteroatoms. The van der Waals surface area contributed by atoms with E-state index >= 15 is 0 Å². The summed E-state index contributed by atoms with van der Waals surface area (Å²) in [5, 5.41) is 0. The normalized spacial score (nSPS) is 12.9. The van der Waals surface area contributed by atoms with Gasteiger partial charge < -0.3 is 15.4 Å². The first-order valence-electron chi connectivity index (χ1n) is 7.51. The standard InChI is InChI=1S/C17H28N2O2/c1-7-10-19(16(20)21-17(4,5)6)13(3)14-9-8-12(2)15(18)11-14/h8-9,11,13H,7,10,18H2,1-6H3. The third-order valence-electron chi connectivity index (χ3n) is 3.35. The molecule has 0 aliphatic carbocycles. The summed E-state index contributed by atoms with van der Waals surface area (Å²) in [6.07, 6.45) is 0.598. The van der Waals surface area contributed by atoms with Crippen LogP contribution < -0.4 is 5.73 Å². The first-order chi connectivity index (χ1) is 9.65. The molecule has 0 aliphatic rings. The van der Waals surface area contributed by atoms with Crippen LogP contribution in [-0.2, 0) is 4.74 Å². The Hall–Kier alpha value is -1.71. The Morgan fingerprint density at radius 1 is 1.38 bits per heavy atom. The van der Waals surface area contributed by atoms with Crippen LogP contribution in [0.3, 0.4) is 0 Å². The van der Waals surface area contributed by atoms with Gasteiger partial charge >= 0.3 is 6.09 Å². The van der Waals surface area contributed by atoms with Gasteiger partial charge in [0.2, 0.25) is 0 Å². The number of nitrogens with two attached hydrogens (primary N) is 1. The Kier molecular flexibility index (Phi) is 5.64. The summed E-state index contributed by atoms with van der Waals surface area (Å²) >= 11 is 0. The smallest absolute Gasteiger partial charge is 0.410 e. The summed E-state index contributed by atoms with van der Waals surface area (Å²) in [6, 6.07) is 5.87. The van der Waals surface area contributed by atoms with Gasteiger partial charge in [-0.05, 0) is 58.2 Å². The molecular formula is C17H28N2O2. The van der Waals surface area contributed by atoms with Crippen molar-refractivity contribution in [2.45, 2.75) is 59.6 Å². The van der Waals surface area contributed by atoms with Gasteiger partial charge in [0.25, 0.3) is 0 Å². The van der Waals surface area contributed by atoms with E-state index in [-0.39, 0.29) is 12.1 Å². The fourth-order valence-corrected chi connectivity index (χ4v) is 2.10. The zero-order valence-corrected chi connectivity index (χ0v) is 14.1. The van der Waals surface area contributed by atoms with Crippen molar-refractivity contribution in [3.8, 4) is 0 Å². The largest absolute Gasteiger partial charge is 0.444 e. The zero-order valence-electron chi connectivity index (χ0n) is 14.1. The zero-order chi connectivity index (χ0) is 16.2. The summed E-state index contributed by atoms with van der Waals surface area (Å²) in [6.45, 7) is 12.3. The Labute approximate surface area is 128 Å². The van der Waals surface area contributed by atoms with Crippen molar-refractivity contribution in [3.05, 3.63) is 29.3 Å². The molecule has 0 heterocycles. The topological polar surface area (TPSA) is 55.6 Å². The number of nitrogens with zero attached hydrogens (tertiary/aromatic N) is 1. The molecule has 0 saturated carbocycles. The number of amides is 1. The van der Waals surface area contributed by atoms with E-state index in [1.807, 2.05) is 59.7 Å². The van der Waals surface area contributed by atoms with Gasteiger partial charge in [-0.2, -0.15) is 0 Å². The summed E-state index contributed by atoms with van der Waals surface area (Å²) in [4.78, 5) is 14.1. The molecule has 0 radical (unpaired) electrons.